The van der Waals surface area contributed by atoms with E-state index in [2.05, 4.69) is 10.2 Å². The van der Waals surface area contributed by atoms with Crippen molar-refractivity contribution in [2.75, 3.05) is 0 Å². The summed E-state index contributed by atoms with van der Waals surface area (Å²) >= 11 is 0. The molecular weight excluding hydrogens is 178 g/mol. The zero-order valence-electron chi connectivity index (χ0n) is 8.56. The zero-order chi connectivity index (χ0) is 9.97. The number of hydrogen-bond donors (Lipinski definition) is 1. The first-order valence-electron chi connectivity index (χ1n) is 5.29. The molecular formula is C10H17N3O. The van der Waals surface area contributed by atoms with E-state index in [1.54, 1.807) is 11.0 Å². The van der Waals surface area contributed by atoms with Crippen molar-refractivity contribution >= 4 is 0 Å². The van der Waals surface area contributed by atoms with Crippen LogP contribution < -0.4 is 0 Å². The molecule has 0 spiro atoms. The van der Waals surface area contributed by atoms with Gasteiger partial charge in [-0.15, -0.1) is 0 Å². The standard InChI is InChI=1S/C10H17N3O/c1-13-11-7-9(12-13)6-8-4-2-3-5-10(8)14/h7-8,10,14H,2-6H2,1H3. The van der Waals surface area contributed by atoms with Crippen molar-refractivity contribution in [2.24, 2.45) is 13.0 Å². The Morgan fingerprint density at radius 3 is 2.93 bits per heavy atom. The van der Waals surface area contributed by atoms with Crippen LogP contribution in [0.2, 0.25) is 0 Å². The second-order valence-corrected chi connectivity index (χ2v) is 4.14. The zero-order valence-corrected chi connectivity index (χ0v) is 8.56. The van der Waals surface area contributed by atoms with Crippen LogP contribution in [0.25, 0.3) is 0 Å². The molecule has 2 atom stereocenters. The van der Waals surface area contributed by atoms with Crippen molar-refractivity contribution in [3.8, 4) is 0 Å². The smallest absolute Gasteiger partial charge is 0.0830 e. The highest BCUT2D eigenvalue weighted by molar-refractivity contribution is 4.95. The van der Waals surface area contributed by atoms with Gasteiger partial charge < -0.3 is 5.11 Å². The Labute approximate surface area is 83.9 Å². The van der Waals surface area contributed by atoms with E-state index in [1.807, 2.05) is 7.05 Å². The monoisotopic (exact) mass is 195 g/mol. The molecule has 1 saturated carbocycles. The van der Waals surface area contributed by atoms with Gasteiger partial charge >= 0.3 is 0 Å². The number of hydrogen-bond acceptors (Lipinski definition) is 3. The summed E-state index contributed by atoms with van der Waals surface area (Å²) in [5.41, 5.74) is 0.999. The SMILES string of the molecule is Cn1ncc(CC2CCCCC2O)n1. The van der Waals surface area contributed by atoms with Crippen molar-refractivity contribution in [3.05, 3.63) is 11.9 Å². The fourth-order valence-corrected chi connectivity index (χ4v) is 2.18. The van der Waals surface area contributed by atoms with Crippen LogP contribution in [0.1, 0.15) is 31.4 Å². The molecule has 78 valence electrons. The predicted octanol–water partition coefficient (Wildman–Crippen LogP) is 0.909. The molecule has 0 saturated heterocycles. The second kappa shape index (κ2) is 4.09. The highest BCUT2D eigenvalue weighted by Crippen LogP contribution is 2.26. The van der Waals surface area contributed by atoms with Crippen LogP contribution in [0, 0.1) is 5.92 Å². The van der Waals surface area contributed by atoms with Gasteiger partial charge in [-0.2, -0.15) is 15.0 Å². The Morgan fingerprint density at radius 1 is 1.50 bits per heavy atom. The first-order chi connectivity index (χ1) is 6.75. The summed E-state index contributed by atoms with van der Waals surface area (Å²) in [5, 5.41) is 18.0. The van der Waals surface area contributed by atoms with Crippen molar-refractivity contribution < 1.29 is 5.11 Å². The minimum atomic E-state index is -0.134. The predicted molar refractivity (Wildman–Crippen MR) is 52.7 cm³/mol. The van der Waals surface area contributed by atoms with E-state index in [1.165, 1.54) is 6.42 Å². The summed E-state index contributed by atoms with van der Waals surface area (Å²) in [6.07, 6.45) is 7.00. The normalized spacial score (nSPS) is 27.9. The Morgan fingerprint density at radius 2 is 2.29 bits per heavy atom. The summed E-state index contributed by atoms with van der Waals surface area (Å²) in [6, 6.07) is 0. The first kappa shape index (κ1) is 9.65. The van der Waals surface area contributed by atoms with Crippen LogP contribution in [-0.4, -0.2) is 26.2 Å². The lowest BCUT2D eigenvalue weighted by molar-refractivity contribution is 0.0694. The van der Waals surface area contributed by atoms with Gasteiger partial charge in [-0.3, -0.25) is 0 Å². The maximum absolute atomic E-state index is 9.78. The minimum Gasteiger partial charge on any atom is -0.393 e. The van der Waals surface area contributed by atoms with Gasteiger partial charge in [0, 0.05) is 7.05 Å². The lowest BCUT2D eigenvalue weighted by atomic mass is 9.84. The van der Waals surface area contributed by atoms with E-state index in [-0.39, 0.29) is 6.10 Å². The van der Waals surface area contributed by atoms with Gasteiger partial charge in [-0.05, 0) is 25.2 Å². The van der Waals surface area contributed by atoms with Crippen molar-refractivity contribution in [1.29, 1.82) is 0 Å². The Hall–Kier alpha value is -0.900. The van der Waals surface area contributed by atoms with Gasteiger partial charge in [-0.1, -0.05) is 12.8 Å². The number of aliphatic hydroxyl groups is 1. The average Bonchev–Trinajstić information content (AvgIpc) is 2.56. The van der Waals surface area contributed by atoms with E-state index in [0.29, 0.717) is 5.92 Å². The molecule has 14 heavy (non-hydrogen) atoms. The number of aromatic nitrogens is 3. The summed E-state index contributed by atoms with van der Waals surface area (Å²) in [6.45, 7) is 0. The van der Waals surface area contributed by atoms with Gasteiger partial charge in [0.25, 0.3) is 0 Å². The molecule has 1 N–H and O–H groups in total. The maximum Gasteiger partial charge on any atom is 0.0830 e. The van der Waals surface area contributed by atoms with E-state index in [4.69, 9.17) is 0 Å². The third-order valence-corrected chi connectivity index (χ3v) is 2.99. The number of rotatable bonds is 2. The first-order valence-corrected chi connectivity index (χ1v) is 5.29. The second-order valence-electron chi connectivity index (χ2n) is 4.14. The van der Waals surface area contributed by atoms with Crippen LogP contribution in [0.15, 0.2) is 6.20 Å². The molecule has 1 heterocycles. The molecule has 0 aliphatic heterocycles. The minimum absolute atomic E-state index is 0.134. The van der Waals surface area contributed by atoms with E-state index in [9.17, 15) is 5.11 Å². The molecule has 0 bridgehead atoms. The Kier molecular flexibility index (Phi) is 2.82. The molecule has 1 fully saturated rings. The van der Waals surface area contributed by atoms with Crippen molar-refractivity contribution in [2.45, 2.75) is 38.2 Å². The fraction of sp³-hybridized carbons (Fsp3) is 0.800. The Balaban J connectivity index is 1.95. The molecule has 1 aliphatic carbocycles. The van der Waals surface area contributed by atoms with Gasteiger partial charge in [0.05, 0.1) is 18.0 Å². The molecule has 0 amide bonds. The maximum atomic E-state index is 9.78. The van der Waals surface area contributed by atoms with Crippen LogP contribution in [0.4, 0.5) is 0 Å². The van der Waals surface area contributed by atoms with Crippen molar-refractivity contribution in [3.63, 3.8) is 0 Å². The molecule has 4 heteroatoms. The molecule has 1 aromatic heterocycles. The van der Waals surface area contributed by atoms with Crippen molar-refractivity contribution in [1.82, 2.24) is 15.0 Å². The van der Waals surface area contributed by atoms with E-state index in [0.717, 1.165) is 31.4 Å². The molecule has 0 aromatic carbocycles. The summed E-state index contributed by atoms with van der Waals surface area (Å²) in [5.74, 6) is 0.389. The molecule has 0 radical (unpaired) electrons. The van der Waals surface area contributed by atoms with Crippen LogP contribution in [-0.2, 0) is 13.5 Å². The fourth-order valence-electron chi connectivity index (χ4n) is 2.18. The Bertz CT molecular complexity index is 297. The van der Waals surface area contributed by atoms with Gasteiger partial charge in [0.2, 0.25) is 0 Å². The molecule has 2 rings (SSSR count). The van der Waals surface area contributed by atoms with Crippen LogP contribution >= 0.6 is 0 Å². The lowest BCUT2D eigenvalue weighted by Crippen LogP contribution is -2.26. The highest BCUT2D eigenvalue weighted by Gasteiger charge is 2.23. The molecule has 1 aliphatic rings. The third kappa shape index (κ3) is 2.12. The summed E-state index contributed by atoms with van der Waals surface area (Å²) in [4.78, 5) is 1.57. The quantitative estimate of drug-likeness (QED) is 0.763. The summed E-state index contributed by atoms with van der Waals surface area (Å²) in [7, 11) is 1.82. The average molecular weight is 195 g/mol. The third-order valence-electron chi connectivity index (χ3n) is 2.99. The number of aryl methyl sites for hydroxylation is 1. The van der Waals surface area contributed by atoms with E-state index < -0.39 is 0 Å². The lowest BCUT2D eigenvalue weighted by Gasteiger charge is -2.26. The topological polar surface area (TPSA) is 50.9 Å². The van der Waals surface area contributed by atoms with Gasteiger partial charge in [0.1, 0.15) is 0 Å². The van der Waals surface area contributed by atoms with Gasteiger partial charge in [0.15, 0.2) is 0 Å². The summed E-state index contributed by atoms with van der Waals surface area (Å²) < 4.78 is 0. The number of aliphatic hydroxyl groups excluding tert-OH is 1. The van der Waals surface area contributed by atoms with Crippen LogP contribution in [0.5, 0.6) is 0 Å². The number of nitrogens with zero attached hydrogens (tertiary/aromatic N) is 3. The largest absolute Gasteiger partial charge is 0.393 e. The highest BCUT2D eigenvalue weighted by atomic mass is 16.3. The van der Waals surface area contributed by atoms with Gasteiger partial charge in [-0.25, -0.2) is 0 Å². The van der Waals surface area contributed by atoms with Crippen LogP contribution in [0.3, 0.4) is 0 Å². The molecule has 2 unspecified atom stereocenters. The molecule has 1 aromatic rings. The molecule has 4 nitrogen and oxygen atoms in total. The van der Waals surface area contributed by atoms with E-state index >= 15 is 0 Å².